The molecule has 0 radical (unpaired) electrons. The topological polar surface area (TPSA) is 24.5 Å². The highest BCUT2D eigenvalue weighted by atomic mass is 35.5. The second-order valence-corrected chi connectivity index (χ2v) is 6.04. The van der Waals surface area contributed by atoms with E-state index in [1.165, 1.54) is 58.3 Å². The van der Waals surface area contributed by atoms with Crippen molar-refractivity contribution in [2.24, 2.45) is 11.8 Å². The highest BCUT2D eigenvalue weighted by molar-refractivity contribution is 5.85. The first-order chi connectivity index (χ1) is 8.43. The maximum Gasteiger partial charge on any atom is 0.0509 e. The molecule has 3 unspecified atom stereocenters. The monoisotopic (exact) mass is 274 g/mol. The summed E-state index contributed by atoms with van der Waals surface area (Å²) in [5.74, 6) is 1.72. The largest absolute Gasteiger partial charge is 0.381 e. The van der Waals surface area contributed by atoms with Gasteiger partial charge in [0, 0.05) is 19.2 Å². The molecule has 0 amide bonds. The van der Waals surface area contributed by atoms with Crippen LogP contribution in [0.2, 0.25) is 0 Å². The van der Waals surface area contributed by atoms with Crippen LogP contribution in [0.25, 0.3) is 0 Å². The van der Waals surface area contributed by atoms with E-state index in [0.29, 0.717) is 0 Å². The zero-order valence-electron chi connectivity index (χ0n) is 11.3. The predicted molar refractivity (Wildman–Crippen MR) is 76.4 cm³/mol. The molecule has 3 rings (SSSR count). The van der Waals surface area contributed by atoms with E-state index >= 15 is 0 Å². The number of likely N-dealkylation sites (tertiary alicyclic amines) is 1. The minimum Gasteiger partial charge on any atom is -0.381 e. The molecule has 0 aromatic carbocycles. The molecule has 0 bridgehead atoms. The molecule has 4 heteroatoms. The Balaban J connectivity index is 0.00000120. The Kier molecular flexibility index (Phi) is 5.74. The summed E-state index contributed by atoms with van der Waals surface area (Å²) in [6.07, 6.45) is 6.84. The van der Waals surface area contributed by atoms with Crippen molar-refractivity contribution in [2.75, 3.05) is 39.4 Å². The molecular formula is C14H27ClN2O. The van der Waals surface area contributed by atoms with Crippen LogP contribution in [0.3, 0.4) is 0 Å². The van der Waals surface area contributed by atoms with Crippen LogP contribution >= 0.6 is 12.4 Å². The van der Waals surface area contributed by atoms with E-state index in [1.807, 2.05) is 0 Å². The summed E-state index contributed by atoms with van der Waals surface area (Å²) >= 11 is 0. The highest BCUT2D eigenvalue weighted by Crippen LogP contribution is 2.30. The molecule has 0 saturated carbocycles. The molecule has 3 heterocycles. The van der Waals surface area contributed by atoms with E-state index in [4.69, 9.17) is 4.74 Å². The Morgan fingerprint density at radius 2 is 2.11 bits per heavy atom. The molecule has 0 aliphatic carbocycles. The van der Waals surface area contributed by atoms with Crippen LogP contribution < -0.4 is 5.32 Å². The minimum atomic E-state index is 0. The lowest BCUT2D eigenvalue weighted by Gasteiger charge is -2.45. The molecule has 0 aromatic heterocycles. The zero-order valence-corrected chi connectivity index (χ0v) is 12.1. The van der Waals surface area contributed by atoms with Crippen molar-refractivity contribution < 1.29 is 4.74 Å². The lowest BCUT2D eigenvalue weighted by molar-refractivity contribution is -0.0408. The second kappa shape index (κ2) is 7.09. The van der Waals surface area contributed by atoms with Gasteiger partial charge in [0.25, 0.3) is 0 Å². The maximum absolute atomic E-state index is 5.64. The standard InChI is InChI=1S/C14H26N2O.ClH/c1-3-12(9-15-6-1)10-16-7-2-4-13-11-17-8-5-14(13)16;/h12-15H,1-11H2;1H. The van der Waals surface area contributed by atoms with Gasteiger partial charge in [-0.1, -0.05) is 0 Å². The van der Waals surface area contributed by atoms with E-state index in [9.17, 15) is 0 Å². The molecule has 3 atom stereocenters. The molecule has 0 aromatic rings. The van der Waals surface area contributed by atoms with Gasteiger partial charge in [-0.15, -0.1) is 12.4 Å². The normalized spacial score (nSPS) is 37.7. The van der Waals surface area contributed by atoms with Crippen LogP contribution in [0.4, 0.5) is 0 Å². The average molecular weight is 275 g/mol. The van der Waals surface area contributed by atoms with Gasteiger partial charge < -0.3 is 10.1 Å². The Morgan fingerprint density at radius 3 is 2.94 bits per heavy atom. The van der Waals surface area contributed by atoms with Gasteiger partial charge >= 0.3 is 0 Å². The Hall–Kier alpha value is 0.170. The number of nitrogens with zero attached hydrogens (tertiary/aromatic N) is 1. The third-order valence-corrected chi connectivity index (χ3v) is 4.81. The fraction of sp³-hybridized carbons (Fsp3) is 1.00. The quantitative estimate of drug-likeness (QED) is 0.833. The third-order valence-electron chi connectivity index (χ3n) is 4.81. The van der Waals surface area contributed by atoms with Gasteiger partial charge in [0.1, 0.15) is 0 Å². The van der Waals surface area contributed by atoms with Crippen LogP contribution in [0, 0.1) is 11.8 Å². The minimum absolute atomic E-state index is 0. The fourth-order valence-electron chi connectivity index (χ4n) is 3.90. The highest BCUT2D eigenvalue weighted by Gasteiger charge is 2.34. The zero-order chi connectivity index (χ0) is 11.5. The number of hydrogen-bond donors (Lipinski definition) is 1. The molecule has 3 nitrogen and oxygen atoms in total. The van der Waals surface area contributed by atoms with Crippen molar-refractivity contribution in [2.45, 2.75) is 38.1 Å². The summed E-state index contributed by atoms with van der Waals surface area (Å²) in [6, 6.07) is 0.833. The number of hydrogen-bond acceptors (Lipinski definition) is 3. The Bertz CT molecular complexity index is 244. The first-order valence-electron chi connectivity index (χ1n) is 7.46. The van der Waals surface area contributed by atoms with Crippen LogP contribution in [-0.2, 0) is 4.74 Å². The Morgan fingerprint density at radius 1 is 1.17 bits per heavy atom. The number of fused-ring (bicyclic) bond motifs is 1. The number of ether oxygens (including phenoxy) is 1. The van der Waals surface area contributed by atoms with Gasteiger partial charge in [0.15, 0.2) is 0 Å². The van der Waals surface area contributed by atoms with Gasteiger partial charge in [-0.3, -0.25) is 4.90 Å². The van der Waals surface area contributed by atoms with Crippen LogP contribution in [0.5, 0.6) is 0 Å². The van der Waals surface area contributed by atoms with Crippen LogP contribution in [0.1, 0.15) is 32.1 Å². The van der Waals surface area contributed by atoms with Crippen molar-refractivity contribution in [1.82, 2.24) is 10.2 Å². The van der Waals surface area contributed by atoms with Gasteiger partial charge in [-0.2, -0.15) is 0 Å². The van der Waals surface area contributed by atoms with Crippen LogP contribution in [0.15, 0.2) is 0 Å². The fourth-order valence-corrected chi connectivity index (χ4v) is 3.90. The van der Waals surface area contributed by atoms with Gasteiger partial charge in [-0.25, -0.2) is 0 Å². The summed E-state index contributed by atoms with van der Waals surface area (Å²) in [7, 11) is 0. The molecule has 3 saturated heterocycles. The van der Waals surface area contributed by atoms with Crippen molar-refractivity contribution >= 4 is 12.4 Å². The summed E-state index contributed by atoms with van der Waals surface area (Å²) in [6.45, 7) is 7.14. The smallest absolute Gasteiger partial charge is 0.0509 e. The van der Waals surface area contributed by atoms with Crippen molar-refractivity contribution in [3.8, 4) is 0 Å². The van der Waals surface area contributed by atoms with E-state index in [1.54, 1.807) is 0 Å². The predicted octanol–water partition coefficient (Wildman–Crippen LogP) is 1.91. The van der Waals surface area contributed by atoms with E-state index in [2.05, 4.69) is 10.2 Å². The van der Waals surface area contributed by atoms with Gasteiger partial charge in [0.05, 0.1) is 6.61 Å². The molecule has 1 N–H and O–H groups in total. The van der Waals surface area contributed by atoms with E-state index < -0.39 is 0 Å². The van der Waals surface area contributed by atoms with Crippen molar-refractivity contribution in [1.29, 1.82) is 0 Å². The second-order valence-electron chi connectivity index (χ2n) is 6.04. The molecule has 3 fully saturated rings. The average Bonchev–Trinajstić information content (AvgIpc) is 2.40. The number of piperidine rings is 2. The van der Waals surface area contributed by atoms with Crippen molar-refractivity contribution in [3.05, 3.63) is 0 Å². The molecule has 3 aliphatic heterocycles. The molecular weight excluding hydrogens is 248 g/mol. The molecule has 0 spiro atoms. The third kappa shape index (κ3) is 3.38. The van der Waals surface area contributed by atoms with E-state index in [-0.39, 0.29) is 12.4 Å². The van der Waals surface area contributed by atoms with E-state index in [0.717, 1.165) is 31.1 Å². The molecule has 18 heavy (non-hydrogen) atoms. The number of rotatable bonds is 2. The molecule has 106 valence electrons. The first-order valence-corrected chi connectivity index (χ1v) is 7.46. The summed E-state index contributed by atoms with van der Waals surface area (Å²) in [4.78, 5) is 2.79. The Labute approximate surface area is 117 Å². The summed E-state index contributed by atoms with van der Waals surface area (Å²) in [5.41, 5.74) is 0. The van der Waals surface area contributed by atoms with Crippen molar-refractivity contribution in [3.63, 3.8) is 0 Å². The van der Waals surface area contributed by atoms with Gasteiger partial charge in [0.2, 0.25) is 0 Å². The lowest BCUT2D eigenvalue weighted by atomic mass is 9.85. The van der Waals surface area contributed by atoms with Crippen LogP contribution in [-0.4, -0.2) is 50.3 Å². The summed E-state index contributed by atoms with van der Waals surface area (Å²) < 4.78 is 5.64. The van der Waals surface area contributed by atoms with Gasteiger partial charge in [-0.05, 0) is 63.6 Å². The SMILES string of the molecule is C1CNCC(CN2CCCC3COCCC32)C1.Cl. The maximum atomic E-state index is 5.64. The summed E-state index contributed by atoms with van der Waals surface area (Å²) in [5, 5.41) is 3.55. The first kappa shape index (κ1) is 14.6. The lowest BCUT2D eigenvalue weighted by Crippen LogP contribution is -2.52. The number of halogens is 1. The number of nitrogens with one attached hydrogen (secondary N) is 1. The molecule has 3 aliphatic rings.